The van der Waals surface area contributed by atoms with Gasteiger partial charge < -0.3 is 9.47 Å². The maximum absolute atomic E-state index is 15.3. The predicted octanol–water partition coefficient (Wildman–Crippen LogP) is 6.98. The van der Waals surface area contributed by atoms with Crippen LogP contribution in [-0.2, 0) is 7.05 Å². The molecule has 0 atom stereocenters. The third-order valence-corrected chi connectivity index (χ3v) is 7.83. The fourth-order valence-electron chi connectivity index (χ4n) is 6.09. The van der Waals surface area contributed by atoms with E-state index in [0.29, 0.717) is 24.6 Å². The lowest BCUT2D eigenvalue weighted by Gasteiger charge is -2.24. The first-order valence-corrected chi connectivity index (χ1v) is 13.9. The lowest BCUT2D eigenvalue weighted by Crippen LogP contribution is -2.39. The van der Waals surface area contributed by atoms with Gasteiger partial charge in [0.05, 0.1) is 29.9 Å². The molecule has 39 heavy (non-hydrogen) atoms. The van der Waals surface area contributed by atoms with Gasteiger partial charge in [-0.25, -0.2) is 13.4 Å². The zero-order valence-corrected chi connectivity index (χ0v) is 23.5. The van der Waals surface area contributed by atoms with E-state index in [0.717, 1.165) is 57.6 Å². The van der Waals surface area contributed by atoms with Gasteiger partial charge in [-0.1, -0.05) is 66.7 Å². The molecule has 0 aliphatic carbocycles. The Hall–Kier alpha value is -3.87. The molecule has 1 aromatic heterocycles. The SMILES string of the molecule is CCN(CC)c1c2ccccc2c(/C(=C2/c3ccccc3C(=[N+](CC)CC)N2B(F)F)c2ccccc2)n1C. The first-order valence-electron chi connectivity index (χ1n) is 13.9. The molecule has 0 amide bonds. The largest absolute Gasteiger partial charge is 0.809 e. The van der Waals surface area contributed by atoms with Gasteiger partial charge in [0.2, 0.25) is 0 Å². The normalized spacial score (nSPS) is 14.1. The number of rotatable bonds is 8. The summed E-state index contributed by atoms with van der Waals surface area (Å²) in [6.07, 6.45) is 0. The molecule has 0 N–H and O–H groups in total. The topological polar surface area (TPSA) is 14.4 Å². The summed E-state index contributed by atoms with van der Waals surface area (Å²) < 4.78 is 34.9. The summed E-state index contributed by atoms with van der Waals surface area (Å²) in [6.45, 7) is 11.3. The van der Waals surface area contributed by atoms with Gasteiger partial charge >= 0.3 is 7.40 Å². The molecular weight excluding hydrogens is 489 g/mol. The van der Waals surface area contributed by atoms with Gasteiger partial charge in [0.1, 0.15) is 11.5 Å². The molecule has 4 nitrogen and oxygen atoms in total. The van der Waals surface area contributed by atoms with Gasteiger partial charge in [-0.15, -0.1) is 0 Å². The summed E-state index contributed by atoms with van der Waals surface area (Å²) in [4.78, 5) is 3.60. The number of amidine groups is 1. The second-order valence-corrected chi connectivity index (χ2v) is 9.73. The maximum atomic E-state index is 15.3. The van der Waals surface area contributed by atoms with Crippen LogP contribution in [0.3, 0.4) is 0 Å². The Balaban J connectivity index is 2.00. The smallest absolute Gasteiger partial charge is 0.358 e. The summed E-state index contributed by atoms with van der Waals surface area (Å²) in [7, 11) is -0.648. The third kappa shape index (κ3) is 4.34. The Morgan fingerprint density at radius 1 is 0.769 bits per heavy atom. The van der Waals surface area contributed by atoms with E-state index in [4.69, 9.17) is 0 Å². The van der Waals surface area contributed by atoms with Crippen LogP contribution in [0.5, 0.6) is 0 Å². The molecule has 0 bridgehead atoms. The summed E-state index contributed by atoms with van der Waals surface area (Å²) in [5, 5.41) is 2.17. The summed E-state index contributed by atoms with van der Waals surface area (Å²) >= 11 is 0. The van der Waals surface area contributed by atoms with Crippen molar-refractivity contribution in [1.82, 2.24) is 9.38 Å². The molecule has 0 radical (unpaired) electrons. The van der Waals surface area contributed by atoms with Gasteiger partial charge in [-0.2, -0.15) is 0 Å². The van der Waals surface area contributed by atoms with Crippen molar-refractivity contribution in [3.63, 3.8) is 0 Å². The first kappa shape index (κ1) is 26.7. The molecule has 5 rings (SSSR count). The van der Waals surface area contributed by atoms with Gasteiger partial charge in [0.15, 0.2) is 0 Å². The molecule has 7 heteroatoms. The highest BCUT2D eigenvalue weighted by molar-refractivity contribution is 6.49. The lowest BCUT2D eigenvalue weighted by atomic mass is 9.93. The molecule has 4 aromatic rings. The fourth-order valence-corrected chi connectivity index (χ4v) is 6.09. The van der Waals surface area contributed by atoms with E-state index < -0.39 is 7.40 Å². The van der Waals surface area contributed by atoms with Crippen molar-refractivity contribution < 1.29 is 13.2 Å². The minimum atomic E-state index is -2.71. The maximum Gasteiger partial charge on any atom is 0.809 e. The van der Waals surface area contributed by atoms with Crippen LogP contribution in [0, 0.1) is 0 Å². The van der Waals surface area contributed by atoms with Crippen molar-refractivity contribution in [2.75, 3.05) is 31.1 Å². The molecule has 200 valence electrons. The van der Waals surface area contributed by atoms with E-state index >= 15 is 8.63 Å². The predicted molar refractivity (Wildman–Crippen MR) is 161 cm³/mol. The average molecular weight is 525 g/mol. The summed E-state index contributed by atoms with van der Waals surface area (Å²) in [5.74, 6) is 1.67. The van der Waals surface area contributed by atoms with Crippen LogP contribution >= 0.6 is 0 Å². The van der Waals surface area contributed by atoms with Crippen LogP contribution in [0.2, 0.25) is 0 Å². The number of aromatic nitrogens is 1. The van der Waals surface area contributed by atoms with E-state index in [1.165, 1.54) is 4.81 Å². The Morgan fingerprint density at radius 3 is 1.92 bits per heavy atom. The molecule has 2 heterocycles. The van der Waals surface area contributed by atoms with Crippen molar-refractivity contribution in [3.05, 3.63) is 101 Å². The Morgan fingerprint density at radius 2 is 1.33 bits per heavy atom. The van der Waals surface area contributed by atoms with Crippen LogP contribution in [-0.4, -0.2) is 53.4 Å². The number of halogens is 2. The highest BCUT2D eigenvalue weighted by Gasteiger charge is 2.51. The van der Waals surface area contributed by atoms with E-state index in [1.807, 2.05) is 79.1 Å². The number of anilines is 1. The van der Waals surface area contributed by atoms with Gasteiger partial charge in [0, 0.05) is 36.5 Å². The standard InChI is InChI=1S/C32H36BF2N4/c1-6-37(7-2)31-26-21-15-13-19-24(26)29(36(31)5)28(23-17-11-10-12-18-23)30-25-20-14-16-22-27(25)32(38(8-3)9-4)39(30)33(34)35/h10-22H,6-9H2,1-5H3/q+1. The van der Waals surface area contributed by atoms with Crippen LogP contribution in [0.1, 0.15) is 50.1 Å². The number of benzene rings is 3. The average Bonchev–Trinajstić information content (AvgIpc) is 3.45. The molecule has 0 unspecified atom stereocenters. The summed E-state index contributed by atoms with van der Waals surface area (Å²) in [6, 6.07) is 26.2. The second kappa shape index (κ2) is 11.1. The zero-order valence-electron chi connectivity index (χ0n) is 23.5. The summed E-state index contributed by atoms with van der Waals surface area (Å²) in [5.41, 5.74) is 4.87. The van der Waals surface area contributed by atoms with Crippen molar-refractivity contribution in [2.45, 2.75) is 27.7 Å². The molecule has 3 aromatic carbocycles. The van der Waals surface area contributed by atoms with Crippen molar-refractivity contribution in [2.24, 2.45) is 7.05 Å². The van der Waals surface area contributed by atoms with Gasteiger partial charge in [-0.3, -0.25) is 4.58 Å². The van der Waals surface area contributed by atoms with Gasteiger partial charge in [0.25, 0.3) is 5.84 Å². The molecular formula is C32H36BF2N4+. The molecule has 0 saturated heterocycles. The van der Waals surface area contributed by atoms with Gasteiger partial charge in [-0.05, 0) is 45.4 Å². The van der Waals surface area contributed by atoms with Crippen LogP contribution in [0.15, 0.2) is 78.9 Å². The van der Waals surface area contributed by atoms with E-state index in [-0.39, 0.29) is 0 Å². The first-order chi connectivity index (χ1) is 19.0. The quantitative estimate of drug-likeness (QED) is 0.182. The highest BCUT2D eigenvalue weighted by atomic mass is 19.2. The minimum Gasteiger partial charge on any atom is -0.358 e. The highest BCUT2D eigenvalue weighted by Crippen LogP contribution is 2.46. The Kier molecular flexibility index (Phi) is 7.60. The minimum absolute atomic E-state index is 0.547. The third-order valence-electron chi connectivity index (χ3n) is 7.83. The Bertz CT molecular complexity index is 1550. The number of nitrogens with zero attached hydrogens (tertiary/aromatic N) is 4. The zero-order chi connectivity index (χ0) is 27.7. The fraction of sp³-hybridized carbons (Fsp3) is 0.281. The molecule has 0 fully saturated rings. The Labute approximate surface area is 230 Å². The van der Waals surface area contributed by atoms with Crippen LogP contribution in [0.25, 0.3) is 22.0 Å². The van der Waals surface area contributed by atoms with Crippen molar-refractivity contribution in [1.29, 1.82) is 0 Å². The molecule has 0 saturated carbocycles. The number of hydrogen-bond acceptors (Lipinski definition) is 1. The van der Waals surface area contributed by atoms with Crippen LogP contribution in [0.4, 0.5) is 14.4 Å². The van der Waals surface area contributed by atoms with Crippen LogP contribution < -0.4 is 4.90 Å². The van der Waals surface area contributed by atoms with Crippen molar-refractivity contribution in [3.8, 4) is 0 Å². The molecule has 1 aliphatic rings. The number of fused-ring (bicyclic) bond motifs is 2. The molecule has 1 aliphatic heterocycles. The second-order valence-electron chi connectivity index (χ2n) is 9.73. The number of hydrogen-bond donors (Lipinski definition) is 0. The monoisotopic (exact) mass is 525 g/mol. The molecule has 0 spiro atoms. The van der Waals surface area contributed by atoms with E-state index in [2.05, 4.69) is 48.6 Å². The van der Waals surface area contributed by atoms with E-state index in [1.54, 1.807) is 0 Å². The lowest BCUT2D eigenvalue weighted by molar-refractivity contribution is -0.523. The van der Waals surface area contributed by atoms with Crippen molar-refractivity contribution >= 4 is 41.1 Å². The van der Waals surface area contributed by atoms with E-state index in [9.17, 15) is 0 Å².